The molecule has 2 aromatic carbocycles. The van der Waals surface area contributed by atoms with Gasteiger partial charge in [-0.25, -0.2) is 5.01 Å². The van der Waals surface area contributed by atoms with E-state index in [1.807, 2.05) is 56.3 Å². The topological polar surface area (TPSA) is 51.1 Å². The first-order valence-corrected chi connectivity index (χ1v) is 9.42. The van der Waals surface area contributed by atoms with Gasteiger partial charge in [0, 0.05) is 4.47 Å². The third-order valence-electron chi connectivity index (χ3n) is 4.91. The third kappa shape index (κ3) is 3.70. The first-order chi connectivity index (χ1) is 12.5. The Morgan fingerprint density at radius 3 is 2.62 bits per heavy atom. The highest BCUT2D eigenvalue weighted by Crippen LogP contribution is 2.47. The van der Waals surface area contributed by atoms with Crippen LogP contribution in [-0.4, -0.2) is 17.7 Å². The molecule has 1 aliphatic heterocycles. The van der Waals surface area contributed by atoms with Gasteiger partial charge in [0.2, 0.25) is 0 Å². The van der Waals surface area contributed by atoms with Crippen molar-refractivity contribution < 1.29 is 9.47 Å². The first kappa shape index (κ1) is 18.7. The zero-order valence-electron chi connectivity index (χ0n) is 15.2. The zero-order valence-corrected chi connectivity index (χ0v) is 16.8. The van der Waals surface area contributed by atoms with Gasteiger partial charge in [-0.1, -0.05) is 46.3 Å². The van der Waals surface area contributed by atoms with Gasteiger partial charge >= 0.3 is 0 Å². The Balaban J connectivity index is 1.90. The van der Waals surface area contributed by atoms with Crippen LogP contribution in [0.25, 0.3) is 0 Å². The van der Waals surface area contributed by atoms with Crippen molar-refractivity contribution in [3.05, 3.63) is 63.0 Å². The van der Waals surface area contributed by atoms with Crippen LogP contribution in [0.15, 0.2) is 52.2 Å². The van der Waals surface area contributed by atoms with Crippen LogP contribution in [0.3, 0.4) is 0 Å². The highest BCUT2D eigenvalue weighted by Gasteiger charge is 2.41. The van der Waals surface area contributed by atoms with Crippen LogP contribution in [0, 0.1) is 4.91 Å². The molecule has 1 unspecified atom stereocenters. The van der Waals surface area contributed by atoms with Gasteiger partial charge in [0.1, 0.15) is 6.61 Å². The molecule has 0 radical (unpaired) electrons. The number of hydrogen-bond acceptors (Lipinski definition) is 4. The van der Waals surface area contributed by atoms with E-state index in [-0.39, 0.29) is 11.6 Å². The number of halogens is 1. The van der Waals surface area contributed by atoms with Crippen molar-refractivity contribution in [2.24, 2.45) is 5.29 Å². The molecule has 3 rings (SSSR count). The van der Waals surface area contributed by atoms with Crippen LogP contribution in [0.1, 0.15) is 43.9 Å². The monoisotopic (exact) mass is 418 g/mol. The van der Waals surface area contributed by atoms with Crippen LogP contribution in [0.4, 0.5) is 0 Å². The third-order valence-corrected chi connectivity index (χ3v) is 5.60. The van der Waals surface area contributed by atoms with Gasteiger partial charge in [0.15, 0.2) is 11.5 Å². The van der Waals surface area contributed by atoms with Crippen molar-refractivity contribution in [2.75, 3.05) is 7.11 Å². The summed E-state index contributed by atoms with van der Waals surface area (Å²) in [5, 5.41) is 4.95. The number of benzene rings is 2. The molecule has 0 spiro atoms. The Morgan fingerprint density at radius 1 is 1.23 bits per heavy atom. The summed E-state index contributed by atoms with van der Waals surface area (Å²) in [7, 11) is 1.62. The van der Waals surface area contributed by atoms with Crippen LogP contribution in [0.5, 0.6) is 11.5 Å². The zero-order chi connectivity index (χ0) is 18.7. The first-order valence-electron chi connectivity index (χ1n) is 8.63. The Morgan fingerprint density at radius 2 is 1.96 bits per heavy atom. The molecule has 6 heteroatoms. The number of ether oxygens (including phenoxy) is 2. The SMILES string of the molecule is COc1cc(Br)c(C2CCC(C)(C)N2N=O)cc1OCc1ccccc1. The molecular weight excluding hydrogens is 396 g/mol. The predicted molar refractivity (Wildman–Crippen MR) is 105 cm³/mol. The predicted octanol–water partition coefficient (Wildman–Crippen LogP) is 5.63. The molecule has 5 nitrogen and oxygen atoms in total. The minimum Gasteiger partial charge on any atom is -0.493 e. The molecule has 0 N–H and O–H groups in total. The van der Waals surface area contributed by atoms with Crippen molar-refractivity contribution in [1.82, 2.24) is 5.01 Å². The summed E-state index contributed by atoms with van der Waals surface area (Å²) in [6, 6.07) is 13.7. The average molecular weight is 419 g/mol. The molecule has 1 atom stereocenters. The molecule has 26 heavy (non-hydrogen) atoms. The molecule has 0 amide bonds. The Bertz CT molecular complexity index is 780. The molecule has 0 aliphatic carbocycles. The normalized spacial score (nSPS) is 18.6. The lowest BCUT2D eigenvalue weighted by Gasteiger charge is -2.30. The smallest absolute Gasteiger partial charge is 0.162 e. The van der Waals surface area contributed by atoms with Gasteiger partial charge < -0.3 is 9.47 Å². The van der Waals surface area contributed by atoms with E-state index in [1.54, 1.807) is 12.1 Å². The summed E-state index contributed by atoms with van der Waals surface area (Å²) in [4.78, 5) is 11.4. The van der Waals surface area contributed by atoms with Gasteiger partial charge in [-0.05, 0) is 49.9 Å². The Labute approximate surface area is 162 Å². The maximum absolute atomic E-state index is 11.4. The fourth-order valence-corrected chi connectivity index (χ4v) is 4.00. The quantitative estimate of drug-likeness (QED) is 0.569. The maximum atomic E-state index is 11.4. The number of nitroso groups, excluding NO2 is 1. The van der Waals surface area contributed by atoms with E-state index < -0.39 is 0 Å². The highest BCUT2D eigenvalue weighted by atomic mass is 79.9. The summed E-state index contributed by atoms with van der Waals surface area (Å²) in [5.74, 6) is 1.31. The number of nitrogens with zero attached hydrogens (tertiary/aromatic N) is 2. The number of methoxy groups -OCH3 is 1. The second-order valence-corrected chi connectivity index (χ2v) is 7.95. The fraction of sp³-hybridized carbons (Fsp3) is 0.400. The van der Waals surface area contributed by atoms with Crippen molar-refractivity contribution in [1.29, 1.82) is 0 Å². The summed E-state index contributed by atoms with van der Waals surface area (Å²) < 4.78 is 12.4. The van der Waals surface area contributed by atoms with Gasteiger partial charge in [-0.2, -0.15) is 0 Å². The molecular formula is C20H23BrN2O3. The molecule has 0 aromatic heterocycles. The standard InChI is InChI=1S/C20H23BrN2O3/c1-20(2)10-9-17(23(20)22-24)15-11-19(18(25-3)12-16(15)21)26-13-14-7-5-4-6-8-14/h4-8,11-12,17H,9-10,13H2,1-3H3. The van der Waals surface area contributed by atoms with Crippen LogP contribution >= 0.6 is 15.9 Å². The summed E-state index contributed by atoms with van der Waals surface area (Å²) in [6.45, 7) is 4.53. The minimum atomic E-state index is -0.253. The highest BCUT2D eigenvalue weighted by molar-refractivity contribution is 9.10. The van der Waals surface area contributed by atoms with Gasteiger partial charge in [0.05, 0.1) is 24.0 Å². The van der Waals surface area contributed by atoms with E-state index in [4.69, 9.17) is 9.47 Å². The van der Waals surface area contributed by atoms with Crippen molar-refractivity contribution >= 4 is 15.9 Å². The number of hydrogen-bond donors (Lipinski definition) is 0. The Kier molecular flexibility index (Phi) is 5.51. The molecule has 0 bridgehead atoms. The van der Waals surface area contributed by atoms with Gasteiger partial charge in [-0.3, -0.25) is 0 Å². The fourth-order valence-electron chi connectivity index (χ4n) is 3.42. The molecule has 2 aromatic rings. The molecule has 0 saturated carbocycles. The van der Waals surface area contributed by atoms with Crippen LogP contribution in [0.2, 0.25) is 0 Å². The van der Waals surface area contributed by atoms with E-state index in [0.717, 1.165) is 28.4 Å². The van der Waals surface area contributed by atoms with E-state index in [1.165, 1.54) is 0 Å². The largest absolute Gasteiger partial charge is 0.493 e. The second-order valence-electron chi connectivity index (χ2n) is 7.09. The van der Waals surface area contributed by atoms with Crippen LogP contribution in [-0.2, 0) is 6.61 Å². The van der Waals surface area contributed by atoms with E-state index >= 15 is 0 Å². The van der Waals surface area contributed by atoms with E-state index in [2.05, 4.69) is 21.2 Å². The molecule has 138 valence electrons. The lowest BCUT2D eigenvalue weighted by Crippen LogP contribution is -2.35. The molecule has 1 saturated heterocycles. The minimum absolute atomic E-state index is 0.0816. The summed E-state index contributed by atoms with van der Waals surface area (Å²) in [5.41, 5.74) is 1.81. The van der Waals surface area contributed by atoms with E-state index in [9.17, 15) is 4.91 Å². The van der Waals surface area contributed by atoms with Gasteiger partial charge in [-0.15, -0.1) is 4.91 Å². The molecule has 1 fully saturated rings. The second kappa shape index (κ2) is 7.66. The molecule has 1 heterocycles. The van der Waals surface area contributed by atoms with Crippen molar-refractivity contribution in [3.63, 3.8) is 0 Å². The maximum Gasteiger partial charge on any atom is 0.162 e. The molecule has 1 aliphatic rings. The van der Waals surface area contributed by atoms with Gasteiger partial charge in [0.25, 0.3) is 0 Å². The van der Waals surface area contributed by atoms with Crippen molar-refractivity contribution in [3.8, 4) is 11.5 Å². The summed E-state index contributed by atoms with van der Waals surface area (Å²) >= 11 is 3.62. The Hall–Kier alpha value is -2.08. The average Bonchev–Trinajstić information content (AvgIpc) is 2.95. The van der Waals surface area contributed by atoms with Crippen molar-refractivity contribution in [2.45, 2.75) is 44.9 Å². The van der Waals surface area contributed by atoms with Crippen LogP contribution < -0.4 is 9.47 Å². The summed E-state index contributed by atoms with van der Waals surface area (Å²) in [6.07, 6.45) is 1.77. The van der Waals surface area contributed by atoms with E-state index in [0.29, 0.717) is 18.1 Å². The number of rotatable bonds is 6. The lowest BCUT2D eigenvalue weighted by atomic mass is 10.0. The lowest BCUT2D eigenvalue weighted by molar-refractivity contribution is 0.131.